The summed E-state index contributed by atoms with van der Waals surface area (Å²) in [6.07, 6.45) is 2.26. The third kappa shape index (κ3) is 2.35. The van der Waals surface area contributed by atoms with Gasteiger partial charge in [0.05, 0.1) is 13.0 Å². The number of likely N-dealkylation sites (N-methyl/N-ethyl adjacent to an activating group) is 1. The number of rotatable bonds is 3. The fraction of sp³-hybridized carbons (Fsp3) is 0.381. The van der Waals surface area contributed by atoms with Crippen molar-refractivity contribution in [2.45, 2.75) is 30.8 Å². The second kappa shape index (κ2) is 6.06. The van der Waals surface area contributed by atoms with Crippen molar-refractivity contribution in [3.63, 3.8) is 0 Å². The molecule has 2 aliphatic heterocycles. The summed E-state index contributed by atoms with van der Waals surface area (Å²) >= 11 is 0. The highest BCUT2D eigenvalue weighted by Gasteiger charge is 2.55. The molecule has 0 aliphatic carbocycles. The second-order valence-electron chi connectivity index (χ2n) is 6.94. The van der Waals surface area contributed by atoms with Crippen LogP contribution in [-0.2, 0) is 9.53 Å². The summed E-state index contributed by atoms with van der Waals surface area (Å²) in [5.41, 5.74) is 3.69. The van der Waals surface area contributed by atoms with Gasteiger partial charge in [-0.05, 0) is 36.6 Å². The maximum Gasteiger partial charge on any atom is 0.310 e. The van der Waals surface area contributed by atoms with E-state index in [4.69, 9.17) is 4.74 Å². The Morgan fingerprint density at radius 2 is 1.58 bits per heavy atom. The van der Waals surface area contributed by atoms with Crippen LogP contribution in [0.25, 0.3) is 11.1 Å². The molecule has 0 N–H and O–H groups in total. The lowest BCUT2D eigenvalue weighted by Crippen LogP contribution is -2.33. The van der Waals surface area contributed by atoms with Gasteiger partial charge in [-0.15, -0.1) is 0 Å². The topological polar surface area (TPSA) is 29.5 Å². The minimum atomic E-state index is -0.0637. The van der Waals surface area contributed by atoms with Crippen molar-refractivity contribution in [1.82, 2.24) is 4.90 Å². The quantitative estimate of drug-likeness (QED) is 0.807. The fourth-order valence-electron chi connectivity index (χ4n) is 4.74. The van der Waals surface area contributed by atoms with E-state index in [-0.39, 0.29) is 17.8 Å². The normalized spacial score (nSPS) is 28.9. The molecule has 2 heterocycles. The summed E-state index contributed by atoms with van der Waals surface area (Å²) in [5.74, 6) is 0.138. The fourth-order valence-corrected chi connectivity index (χ4v) is 4.74. The van der Waals surface area contributed by atoms with Crippen molar-refractivity contribution in [3.05, 3.63) is 60.2 Å². The van der Waals surface area contributed by atoms with Crippen LogP contribution in [0.3, 0.4) is 0 Å². The van der Waals surface area contributed by atoms with Gasteiger partial charge in [0.25, 0.3) is 0 Å². The highest BCUT2D eigenvalue weighted by atomic mass is 16.5. The molecule has 0 spiro atoms. The highest BCUT2D eigenvalue weighted by Crippen LogP contribution is 2.50. The third-order valence-electron chi connectivity index (χ3n) is 5.90. The van der Waals surface area contributed by atoms with Gasteiger partial charge < -0.3 is 4.74 Å². The van der Waals surface area contributed by atoms with E-state index in [0.717, 1.165) is 6.42 Å². The number of esters is 1. The molecule has 0 amide bonds. The zero-order valence-corrected chi connectivity index (χ0v) is 14.2. The number of ether oxygens (including phenoxy) is 1. The van der Waals surface area contributed by atoms with E-state index in [1.807, 2.05) is 6.07 Å². The molecule has 0 unspecified atom stereocenters. The van der Waals surface area contributed by atoms with Crippen molar-refractivity contribution >= 4 is 5.97 Å². The molecule has 2 bridgehead atoms. The first kappa shape index (κ1) is 15.4. The second-order valence-corrected chi connectivity index (χ2v) is 6.94. The van der Waals surface area contributed by atoms with Crippen LogP contribution >= 0.6 is 0 Å². The van der Waals surface area contributed by atoms with Crippen molar-refractivity contribution < 1.29 is 9.53 Å². The Morgan fingerprint density at radius 1 is 0.958 bits per heavy atom. The van der Waals surface area contributed by atoms with Crippen molar-refractivity contribution in [3.8, 4) is 11.1 Å². The predicted octanol–water partition coefficient (Wildman–Crippen LogP) is 3.70. The van der Waals surface area contributed by atoms with E-state index in [1.165, 1.54) is 30.2 Å². The monoisotopic (exact) mass is 321 g/mol. The Balaban J connectivity index is 1.66. The minimum absolute atomic E-state index is 0.0404. The van der Waals surface area contributed by atoms with Gasteiger partial charge in [0, 0.05) is 18.0 Å². The molecule has 2 aliphatic rings. The number of nitrogens with zero attached hydrogens (tertiary/aromatic N) is 1. The van der Waals surface area contributed by atoms with Crippen molar-refractivity contribution in [2.24, 2.45) is 5.92 Å². The van der Waals surface area contributed by atoms with Gasteiger partial charge in [-0.3, -0.25) is 9.69 Å². The highest BCUT2D eigenvalue weighted by molar-refractivity contribution is 5.76. The molecule has 0 saturated carbocycles. The van der Waals surface area contributed by atoms with E-state index in [0.29, 0.717) is 12.1 Å². The molecular formula is C21H23NO2. The Kier molecular flexibility index (Phi) is 3.89. The van der Waals surface area contributed by atoms with Gasteiger partial charge >= 0.3 is 5.97 Å². The van der Waals surface area contributed by atoms with Gasteiger partial charge in [0.15, 0.2) is 0 Å². The Hall–Kier alpha value is -2.13. The van der Waals surface area contributed by atoms with Gasteiger partial charge in [0.1, 0.15) is 0 Å². The summed E-state index contributed by atoms with van der Waals surface area (Å²) in [7, 11) is 3.65. The van der Waals surface area contributed by atoms with E-state index >= 15 is 0 Å². The number of carbonyl (C=O) groups excluding carboxylic acids is 1. The van der Waals surface area contributed by atoms with Crippen LogP contribution in [0.4, 0.5) is 0 Å². The van der Waals surface area contributed by atoms with E-state index in [2.05, 4.69) is 60.5 Å². The van der Waals surface area contributed by atoms with E-state index < -0.39 is 0 Å². The number of hydrogen-bond acceptors (Lipinski definition) is 3. The van der Waals surface area contributed by atoms with Gasteiger partial charge in [-0.2, -0.15) is 0 Å². The van der Waals surface area contributed by atoms with Crippen LogP contribution < -0.4 is 0 Å². The number of hydrogen-bond donors (Lipinski definition) is 0. The first-order chi connectivity index (χ1) is 11.7. The standard InChI is InChI=1S/C21H23NO2/c1-22-17-12-13-18(22)20(21(23)24-2)19(17)16-10-8-15(9-11-16)14-6-4-3-5-7-14/h3-11,17-20H,12-13H2,1-2H3/t17-,18+,19+,20+/m0/s1. The third-order valence-corrected chi connectivity index (χ3v) is 5.90. The maximum atomic E-state index is 12.4. The summed E-state index contributed by atoms with van der Waals surface area (Å²) in [4.78, 5) is 14.8. The Morgan fingerprint density at radius 3 is 2.25 bits per heavy atom. The van der Waals surface area contributed by atoms with E-state index in [9.17, 15) is 4.79 Å². The zero-order valence-electron chi connectivity index (χ0n) is 14.2. The molecule has 2 aromatic carbocycles. The molecule has 2 fully saturated rings. The smallest absolute Gasteiger partial charge is 0.310 e. The first-order valence-corrected chi connectivity index (χ1v) is 8.66. The van der Waals surface area contributed by atoms with Crippen LogP contribution in [0.15, 0.2) is 54.6 Å². The molecule has 124 valence electrons. The molecule has 3 nitrogen and oxygen atoms in total. The molecule has 2 aromatic rings. The van der Waals surface area contributed by atoms with E-state index in [1.54, 1.807) is 0 Å². The summed E-state index contributed by atoms with van der Waals surface area (Å²) < 4.78 is 5.11. The lowest BCUT2D eigenvalue weighted by molar-refractivity contribution is -0.147. The zero-order chi connectivity index (χ0) is 16.7. The van der Waals surface area contributed by atoms with Crippen molar-refractivity contribution in [2.75, 3.05) is 14.2 Å². The molecular weight excluding hydrogens is 298 g/mol. The predicted molar refractivity (Wildman–Crippen MR) is 94.7 cm³/mol. The number of fused-ring (bicyclic) bond motifs is 2. The van der Waals surface area contributed by atoms with Crippen molar-refractivity contribution in [1.29, 1.82) is 0 Å². The minimum Gasteiger partial charge on any atom is -0.469 e. The van der Waals surface area contributed by atoms with Crippen LogP contribution in [-0.4, -0.2) is 37.1 Å². The average Bonchev–Trinajstić information content (AvgIpc) is 3.14. The first-order valence-electron chi connectivity index (χ1n) is 8.66. The molecule has 4 rings (SSSR count). The number of methoxy groups -OCH3 is 1. The number of carbonyl (C=O) groups is 1. The summed E-state index contributed by atoms with van der Waals surface area (Å²) in [6, 6.07) is 19.9. The molecule has 2 saturated heterocycles. The molecule has 4 atom stereocenters. The average molecular weight is 321 g/mol. The van der Waals surface area contributed by atoms with Gasteiger partial charge in [-0.25, -0.2) is 0 Å². The van der Waals surface area contributed by atoms with Crippen LogP contribution in [0.5, 0.6) is 0 Å². The lowest BCUT2D eigenvalue weighted by atomic mass is 9.75. The SMILES string of the molecule is COC(=O)[C@H]1[C@H](c2ccc(-c3ccccc3)cc2)[C@@H]2CC[C@H]1N2C. The van der Waals surface area contributed by atoms with Crippen LogP contribution in [0.1, 0.15) is 24.3 Å². The lowest BCUT2D eigenvalue weighted by Gasteiger charge is -2.28. The van der Waals surface area contributed by atoms with Gasteiger partial charge in [0.2, 0.25) is 0 Å². The maximum absolute atomic E-state index is 12.4. The molecule has 3 heteroatoms. The van der Waals surface area contributed by atoms with Gasteiger partial charge in [-0.1, -0.05) is 54.6 Å². The molecule has 0 radical (unpaired) electrons. The summed E-state index contributed by atoms with van der Waals surface area (Å²) in [5, 5.41) is 0. The number of benzene rings is 2. The van der Waals surface area contributed by atoms with Crippen LogP contribution in [0.2, 0.25) is 0 Å². The van der Waals surface area contributed by atoms with Crippen LogP contribution in [0, 0.1) is 5.92 Å². The molecule has 24 heavy (non-hydrogen) atoms. The summed E-state index contributed by atoms with van der Waals surface area (Å²) in [6.45, 7) is 0. The Bertz CT molecular complexity index is 725. The largest absolute Gasteiger partial charge is 0.469 e. The molecule has 0 aromatic heterocycles. The Labute approximate surface area is 143 Å².